The molecule has 298 valence electrons. The highest BCUT2D eigenvalue weighted by Gasteiger charge is 2.40. The minimum Gasteiger partial charge on any atom is -0.383 e. The maximum Gasteiger partial charge on any atom is 0.236 e. The summed E-state index contributed by atoms with van der Waals surface area (Å²) < 4.78 is 3.27. The van der Waals surface area contributed by atoms with Crippen molar-refractivity contribution in [3.63, 3.8) is 0 Å². The molecule has 1 aromatic carbocycles. The topological polar surface area (TPSA) is 213 Å². The molecular formula is C42H48N14O2. The number of carbonyl (C=O) groups is 2. The lowest BCUT2D eigenvalue weighted by Crippen LogP contribution is -2.52. The van der Waals surface area contributed by atoms with Crippen molar-refractivity contribution in [3.8, 4) is 23.6 Å². The summed E-state index contributed by atoms with van der Waals surface area (Å²) in [6, 6.07) is 16.0. The van der Waals surface area contributed by atoms with E-state index in [1.54, 1.807) is 40.8 Å². The number of amides is 2. The van der Waals surface area contributed by atoms with E-state index in [9.17, 15) is 20.1 Å². The smallest absolute Gasteiger partial charge is 0.236 e. The number of rotatable bonds is 10. The second-order valence-corrected chi connectivity index (χ2v) is 16.3. The maximum absolute atomic E-state index is 12.7. The Kier molecular flexibility index (Phi) is 10.5. The number of nitrogens with zero attached hydrogens (tertiary/aromatic N) is 11. The van der Waals surface area contributed by atoms with Crippen LogP contribution in [0.4, 0.5) is 17.2 Å². The molecule has 2 saturated heterocycles. The fraction of sp³-hybridized carbons (Fsp3) is 0.452. The van der Waals surface area contributed by atoms with Gasteiger partial charge in [-0.2, -0.15) is 20.3 Å². The molecule has 0 bridgehead atoms. The van der Waals surface area contributed by atoms with Crippen LogP contribution in [-0.2, 0) is 15.0 Å². The normalized spacial score (nSPS) is 23.3. The van der Waals surface area contributed by atoms with Gasteiger partial charge in [0.15, 0.2) is 11.5 Å². The van der Waals surface area contributed by atoms with Crippen LogP contribution in [0.5, 0.6) is 0 Å². The van der Waals surface area contributed by atoms with Gasteiger partial charge in [0, 0.05) is 55.2 Å². The van der Waals surface area contributed by atoms with E-state index in [-0.39, 0.29) is 23.2 Å². The number of aromatic nitrogens is 7. The summed E-state index contributed by atoms with van der Waals surface area (Å²) in [6.07, 6.45) is 11.8. The van der Waals surface area contributed by atoms with E-state index in [2.05, 4.69) is 83.1 Å². The number of nitrogens with two attached hydrogens (primary N) is 1. The number of nitriles is 2. The third-order valence-corrected chi connectivity index (χ3v) is 12.4. The number of carbonyl (C=O) groups excluding carboxylic acids is 2. The molecule has 5 aromatic rings. The Bertz CT molecular complexity index is 2420. The van der Waals surface area contributed by atoms with Gasteiger partial charge in [0.25, 0.3) is 0 Å². The van der Waals surface area contributed by atoms with Crippen LogP contribution in [0.25, 0.3) is 22.5 Å². The van der Waals surface area contributed by atoms with E-state index < -0.39 is 11.5 Å². The number of anilines is 3. The van der Waals surface area contributed by atoms with Gasteiger partial charge in [-0.15, -0.1) is 5.10 Å². The molecule has 16 nitrogen and oxygen atoms in total. The van der Waals surface area contributed by atoms with Crippen LogP contribution in [0.3, 0.4) is 0 Å². The fourth-order valence-corrected chi connectivity index (χ4v) is 8.76. The second-order valence-electron chi connectivity index (χ2n) is 16.3. The van der Waals surface area contributed by atoms with Crippen LogP contribution >= 0.6 is 0 Å². The Balaban J connectivity index is 0.855. The van der Waals surface area contributed by atoms with Crippen LogP contribution in [-0.4, -0.2) is 89.7 Å². The number of piperazine rings is 1. The number of nitrogens with one attached hydrogen (secondary N) is 2. The molecule has 3 aliphatic rings. The minimum absolute atomic E-state index is 0.113. The van der Waals surface area contributed by atoms with Gasteiger partial charge in [-0.05, 0) is 95.5 Å². The first-order valence-corrected chi connectivity index (χ1v) is 20.1. The summed E-state index contributed by atoms with van der Waals surface area (Å²) in [5.41, 5.74) is 10.4. The zero-order valence-corrected chi connectivity index (χ0v) is 33.1. The third-order valence-electron chi connectivity index (χ3n) is 12.4. The van der Waals surface area contributed by atoms with E-state index in [0.29, 0.717) is 58.9 Å². The highest BCUT2D eigenvalue weighted by molar-refractivity contribution is 6.03. The summed E-state index contributed by atoms with van der Waals surface area (Å²) in [5, 5.41) is 38.9. The SMILES string of the molecule is C[C@H](C#N)Nc1cc(-n2ncc3cc(C#N)c(N)nc32)ncc1-n1cc(C2CCC(CCN3CCN(c4ccc([C@@]5(C)CCC(=O)NC5=O)cc4)[C@H](C)C3)CC2)nn1. The Labute approximate surface area is 337 Å². The molecule has 0 radical (unpaired) electrons. The highest BCUT2D eigenvalue weighted by atomic mass is 16.2. The first-order chi connectivity index (χ1) is 28.0. The van der Waals surface area contributed by atoms with E-state index >= 15 is 0 Å². The predicted molar refractivity (Wildman–Crippen MR) is 218 cm³/mol. The molecular weight excluding hydrogens is 733 g/mol. The highest BCUT2D eigenvalue weighted by Crippen LogP contribution is 2.38. The standard InChI is InChI=1S/C42H48N14O2/c1-26(20-43)48-34-19-37(56-40-31(22-47-56)18-30(21-44)39(45)50-40)46-23-36(34)55-25-35(51-52-55)29-6-4-28(5-7-29)13-15-53-16-17-54(27(2)24-53)33-10-8-32(9-11-33)42(3)14-12-38(57)49-41(42)58/h8-11,18-19,22-23,25-29H,4-7,12-17,24H2,1-3H3,(H2,45,50)(H,46,48)(H,49,57,58)/t26-,27-,28?,29?,42-/m1/s1. The fourth-order valence-electron chi connectivity index (χ4n) is 8.76. The van der Waals surface area contributed by atoms with E-state index in [1.165, 1.54) is 12.1 Å². The molecule has 2 amide bonds. The first kappa shape index (κ1) is 38.5. The summed E-state index contributed by atoms with van der Waals surface area (Å²) in [6.45, 7) is 10.1. The van der Waals surface area contributed by atoms with E-state index in [0.717, 1.165) is 63.1 Å². The molecule has 6 heterocycles. The van der Waals surface area contributed by atoms with Crippen molar-refractivity contribution in [1.29, 1.82) is 10.5 Å². The zero-order valence-electron chi connectivity index (χ0n) is 33.1. The summed E-state index contributed by atoms with van der Waals surface area (Å²) >= 11 is 0. The van der Waals surface area contributed by atoms with Crippen molar-refractivity contribution in [2.45, 2.75) is 89.1 Å². The van der Waals surface area contributed by atoms with Crippen molar-refractivity contribution in [3.05, 3.63) is 71.8 Å². The quantitative estimate of drug-likeness (QED) is 0.164. The predicted octanol–water partition coefficient (Wildman–Crippen LogP) is 4.74. The average molecular weight is 781 g/mol. The van der Waals surface area contributed by atoms with Crippen LogP contribution in [0.1, 0.15) is 88.5 Å². The molecule has 58 heavy (non-hydrogen) atoms. The van der Waals surface area contributed by atoms with Crippen molar-refractivity contribution >= 4 is 40.0 Å². The summed E-state index contributed by atoms with van der Waals surface area (Å²) in [4.78, 5) is 38.5. The van der Waals surface area contributed by atoms with Crippen molar-refractivity contribution in [2.24, 2.45) is 5.92 Å². The van der Waals surface area contributed by atoms with Gasteiger partial charge in [0.1, 0.15) is 23.6 Å². The lowest BCUT2D eigenvalue weighted by atomic mass is 9.75. The zero-order chi connectivity index (χ0) is 40.6. The van der Waals surface area contributed by atoms with E-state index in [4.69, 9.17) is 5.73 Å². The molecule has 4 aromatic heterocycles. The summed E-state index contributed by atoms with van der Waals surface area (Å²) in [5.74, 6) is 1.17. The number of nitrogen functional groups attached to an aromatic ring is 1. The monoisotopic (exact) mass is 780 g/mol. The molecule has 1 saturated carbocycles. The second kappa shape index (κ2) is 15.9. The summed E-state index contributed by atoms with van der Waals surface area (Å²) in [7, 11) is 0. The van der Waals surface area contributed by atoms with Crippen molar-refractivity contribution in [2.75, 3.05) is 42.1 Å². The molecule has 1 aliphatic carbocycles. The number of pyridine rings is 2. The number of benzene rings is 1. The van der Waals surface area contributed by atoms with Gasteiger partial charge >= 0.3 is 0 Å². The maximum atomic E-state index is 12.7. The van der Waals surface area contributed by atoms with Gasteiger partial charge in [-0.25, -0.2) is 14.6 Å². The molecule has 4 N–H and O–H groups in total. The average Bonchev–Trinajstić information content (AvgIpc) is 3.89. The van der Waals surface area contributed by atoms with Crippen molar-refractivity contribution in [1.82, 2.24) is 45.0 Å². The Morgan fingerprint density at radius 2 is 1.88 bits per heavy atom. The van der Waals surface area contributed by atoms with E-state index in [1.807, 2.05) is 19.2 Å². The van der Waals surface area contributed by atoms with Gasteiger partial charge in [-0.1, -0.05) is 17.3 Å². The minimum atomic E-state index is -0.681. The van der Waals surface area contributed by atoms with Crippen molar-refractivity contribution < 1.29 is 9.59 Å². The number of hydrogen-bond acceptors (Lipinski definition) is 13. The molecule has 3 fully saturated rings. The number of hydrogen-bond donors (Lipinski definition) is 3. The van der Waals surface area contributed by atoms with Crippen LogP contribution in [0.2, 0.25) is 0 Å². The molecule has 3 atom stereocenters. The van der Waals surface area contributed by atoms with Gasteiger partial charge in [0.05, 0.1) is 47.0 Å². The lowest BCUT2D eigenvalue weighted by Gasteiger charge is -2.42. The van der Waals surface area contributed by atoms with Crippen LogP contribution < -0.4 is 21.3 Å². The molecule has 0 spiro atoms. The molecule has 16 heteroatoms. The molecule has 2 aliphatic heterocycles. The molecule has 0 unspecified atom stereocenters. The Morgan fingerprint density at radius 3 is 2.60 bits per heavy atom. The lowest BCUT2D eigenvalue weighted by molar-refractivity contribution is -0.137. The van der Waals surface area contributed by atoms with Crippen LogP contribution in [0.15, 0.2) is 55.0 Å². The number of imide groups is 1. The van der Waals surface area contributed by atoms with Gasteiger partial charge < -0.3 is 16.0 Å². The first-order valence-electron chi connectivity index (χ1n) is 20.1. The van der Waals surface area contributed by atoms with Gasteiger partial charge in [-0.3, -0.25) is 19.8 Å². The van der Waals surface area contributed by atoms with Crippen LogP contribution in [0, 0.1) is 28.6 Å². The number of piperidine rings is 1. The Morgan fingerprint density at radius 1 is 1.09 bits per heavy atom. The largest absolute Gasteiger partial charge is 0.383 e. The number of fused-ring (bicyclic) bond motifs is 1. The Hall–Kier alpha value is -6.39. The molecule has 8 rings (SSSR count). The third kappa shape index (κ3) is 7.55. The van der Waals surface area contributed by atoms with Gasteiger partial charge in [0.2, 0.25) is 11.8 Å².